The van der Waals surface area contributed by atoms with Crippen molar-refractivity contribution in [3.8, 4) is 17.2 Å². The highest BCUT2D eigenvalue weighted by Crippen LogP contribution is 2.53. The zero-order valence-corrected chi connectivity index (χ0v) is 20.4. The van der Waals surface area contributed by atoms with E-state index >= 15 is 0 Å². The number of rotatable bonds is 4. The molecule has 0 bridgehead atoms. The van der Waals surface area contributed by atoms with Gasteiger partial charge in [-0.3, -0.25) is 14.4 Å². The van der Waals surface area contributed by atoms with E-state index in [9.17, 15) is 14.4 Å². The topological polar surface area (TPSA) is 97.4 Å². The van der Waals surface area contributed by atoms with Crippen LogP contribution in [0, 0.1) is 11.8 Å². The quantitative estimate of drug-likeness (QED) is 0.537. The van der Waals surface area contributed by atoms with Crippen molar-refractivity contribution >= 4 is 35.2 Å². The largest absolute Gasteiger partial charge is 0.497 e. The minimum atomic E-state index is -0.889. The Hall–Kier alpha value is -4.79. The molecule has 0 saturated carbocycles. The molecule has 0 spiro atoms. The van der Waals surface area contributed by atoms with Gasteiger partial charge in [0, 0.05) is 18.0 Å². The second kappa shape index (κ2) is 8.37. The Morgan fingerprint density at radius 2 is 1.71 bits per heavy atom. The molecule has 9 nitrogen and oxygen atoms in total. The first kappa shape index (κ1) is 22.4. The summed E-state index contributed by atoms with van der Waals surface area (Å²) in [6, 6.07) is 18.4. The first-order valence-electron chi connectivity index (χ1n) is 12.3. The fraction of sp³-hybridized carbons (Fsp3) is 0.207. The van der Waals surface area contributed by atoms with Gasteiger partial charge in [0.25, 0.3) is 0 Å². The summed E-state index contributed by atoms with van der Waals surface area (Å²) in [7, 11) is 1.55. The number of anilines is 2. The molecule has 1 N–H and O–H groups in total. The lowest BCUT2D eigenvalue weighted by Crippen LogP contribution is -2.46. The predicted octanol–water partition coefficient (Wildman–Crippen LogP) is 3.58. The fourth-order valence-corrected chi connectivity index (χ4v) is 6.03. The van der Waals surface area contributed by atoms with E-state index in [1.54, 1.807) is 49.6 Å². The van der Waals surface area contributed by atoms with Crippen molar-refractivity contribution < 1.29 is 28.6 Å². The number of benzene rings is 3. The fourth-order valence-electron chi connectivity index (χ4n) is 6.03. The third-order valence-corrected chi connectivity index (χ3v) is 7.70. The number of nitrogens with one attached hydrogen (secondary N) is 1. The van der Waals surface area contributed by atoms with Crippen LogP contribution in [0.3, 0.4) is 0 Å². The lowest BCUT2D eigenvalue weighted by Gasteiger charge is -2.35. The molecule has 4 atom stereocenters. The maximum absolute atomic E-state index is 13.9. The van der Waals surface area contributed by atoms with Crippen molar-refractivity contribution in [2.45, 2.75) is 12.1 Å². The number of carbonyl (C=O) groups excluding carboxylic acids is 3. The van der Waals surface area contributed by atoms with Gasteiger partial charge < -0.3 is 24.4 Å². The van der Waals surface area contributed by atoms with Gasteiger partial charge in [0.05, 0.1) is 30.7 Å². The van der Waals surface area contributed by atoms with Gasteiger partial charge in [-0.1, -0.05) is 24.3 Å². The molecule has 4 heterocycles. The zero-order chi connectivity index (χ0) is 26.0. The molecule has 0 aliphatic carbocycles. The molecule has 7 rings (SSSR count). The average molecular weight is 510 g/mol. The van der Waals surface area contributed by atoms with Crippen LogP contribution in [0.5, 0.6) is 17.2 Å². The van der Waals surface area contributed by atoms with Crippen LogP contribution in [0.1, 0.15) is 17.2 Å². The van der Waals surface area contributed by atoms with Crippen LogP contribution in [0.2, 0.25) is 0 Å². The lowest BCUT2D eigenvalue weighted by molar-refractivity contribution is -0.128. The van der Waals surface area contributed by atoms with Gasteiger partial charge in [0.15, 0.2) is 11.5 Å². The van der Waals surface area contributed by atoms with E-state index in [0.29, 0.717) is 28.6 Å². The SMILES string of the molecule is COc1ccc(N2C(=O)[C@H]3[C@@H](C2=O)C2c4ccccc4C=CN2[C@H]3C(=O)Nc2ccc3c(c2)OCO3)cc1. The molecular weight excluding hydrogens is 486 g/mol. The molecule has 2 fully saturated rings. The van der Waals surface area contributed by atoms with Crippen LogP contribution in [-0.2, 0) is 14.4 Å². The molecule has 190 valence electrons. The summed E-state index contributed by atoms with van der Waals surface area (Å²) >= 11 is 0. The molecule has 1 unspecified atom stereocenters. The number of nitrogens with zero attached hydrogens (tertiary/aromatic N) is 2. The number of amides is 3. The Labute approximate surface area is 218 Å². The molecule has 4 aliphatic heterocycles. The Morgan fingerprint density at radius 1 is 0.947 bits per heavy atom. The van der Waals surface area contributed by atoms with Gasteiger partial charge in [-0.25, -0.2) is 4.90 Å². The number of carbonyl (C=O) groups is 3. The van der Waals surface area contributed by atoms with Crippen molar-refractivity contribution in [2.75, 3.05) is 24.1 Å². The predicted molar refractivity (Wildman–Crippen MR) is 138 cm³/mol. The number of methoxy groups -OCH3 is 1. The van der Waals surface area contributed by atoms with Gasteiger partial charge in [0.2, 0.25) is 24.5 Å². The van der Waals surface area contributed by atoms with E-state index in [1.165, 1.54) is 4.90 Å². The summed E-state index contributed by atoms with van der Waals surface area (Å²) in [4.78, 5) is 44.8. The number of hydrogen-bond donors (Lipinski definition) is 1. The van der Waals surface area contributed by atoms with Gasteiger partial charge in [0.1, 0.15) is 11.8 Å². The van der Waals surface area contributed by atoms with E-state index in [-0.39, 0.29) is 18.6 Å². The molecule has 3 aromatic rings. The minimum Gasteiger partial charge on any atom is -0.497 e. The summed E-state index contributed by atoms with van der Waals surface area (Å²) in [5.41, 5.74) is 2.86. The molecule has 0 aromatic heterocycles. The van der Waals surface area contributed by atoms with E-state index in [2.05, 4.69) is 5.32 Å². The second-order valence-corrected chi connectivity index (χ2v) is 9.60. The Morgan fingerprint density at radius 3 is 2.53 bits per heavy atom. The molecule has 0 radical (unpaired) electrons. The van der Waals surface area contributed by atoms with E-state index in [4.69, 9.17) is 14.2 Å². The maximum Gasteiger partial charge on any atom is 0.247 e. The first-order chi connectivity index (χ1) is 18.5. The first-order valence-corrected chi connectivity index (χ1v) is 12.3. The minimum absolute atomic E-state index is 0.122. The van der Waals surface area contributed by atoms with Gasteiger partial charge in [-0.2, -0.15) is 0 Å². The molecule has 3 aromatic carbocycles. The third kappa shape index (κ3) is 3.21. The van der Waals surface area contributed by atoms with Crippen LogP contribution in [-0.4, -0.2) is 42.6 Å². The van der Waals surface area contributed by atoms with Crippen molar-refractivity contribution in [1.82, 2.24) is 4.90 Å². The van der Waals surface area contributed by atoms with Crippen molar-refractivity contribution in [1.29, 1.82) is 0 Å². The van der Waals surface area contributed by atoms with E-state index in [0.717, 1.165) is 11.1 Å². The normalized spacial score (nSPS) is 24.2. The average Bonchev–Trinajstić information content (AvgIpc) is 3.61. The molecule has 4 aliphatic rings. The summed E-state index contributed by atoms with van der Waals surface area (Å²) in [6.07, 6.45) is 3.75. The maximum atomic E-state index is 13.9. The molecule has 9 heteroatoms. The van der Waals surface area contributed by atoms with Crippen LogP contribution in [0.15, 0.2) is 72.9 Å². The molecular formula is C29H23N3O6. The highest BCUT2D eigenvalue weighted by molar-refractivity contribution is 6.24. The van der Waals surface area contributed by atoms with Gasteiger partial charge in [-0.05, 0) is 53.6 Å². The smallest absolute Gasteiger partial charge is 0.247 e. The number of ether oxygens (including phenoxy) is 3. The monoisotopic (exact) mass is 509 g/mol. The molecule has 2 saturated heterocycles. The second-order valence-electron chi connectivity index (χ2n) is 9.60. The highest BCUT2D eigenvalue weighted by Gasteiger charge is 2.64. The summed E-state index contributed by atoms with van der Waals surface area (Å²) in [6.45, 7) is 0.122. The summed E-state index contributed by atoms with van der Waals surface area (Å²) in [5, 5.41) is 2.94. The summed E-state index contributed by atoms with van der Waals surface area (Å²) < 4.78 is 16.0. The van der Waals surface area contributed by atoms with Crippen LogP contribution < -0.4 is 24.4 Å². The standard InChI is InChI=1S/C29H23N3O6/c1-36-19-9-7-18(8-10-19)32-28(34)23-24(29(32)35)26(31-13-12-16-4-2-3-5-20(16)25(23)31)27(33)30-17-6-11-21-22(14-17)38-15-37-21/h2-14,23-26H,15H2,1H3,(H,30,33)/t23-,24+,25?,26-/m1/s1. The highest BCUT2D eigenvalue weighted by atomic mass is 16.7. The summed E-state index contributed by atoms with van der Waals surface area (Å²) in [5.74, 6) is -0.905. The lowest BCUT2D eigenvalue weighted by atomic mass is 9.84. The van der Waals surface area contributed by atoms with Crippen molar-refractivity contribution in [2.24, 2.45) is 11.8 Å². The zero-order valence-electron chi connectivity index (χ0n) is 20.4. The third-order valence-electron chi connectivity index (χ3n) is 7.70. The molecule has 3 amide bonds. The number of fused-ring (bicyclic) bond motifs is 6. The molecule has 38 heavy (non-hydrogen) atoms. The van der Waals surface area contributed by atoms with Crippen molar-refractivity contribution in [3.05, 3.63) is 84.1 Å². The van der Waals surface area contributed by atoms with E-state index < -0.39 is 29.8 Å². The number of imide groups is 1. The van der Waals surface area contributed by atoms with Crippen LogP contribution >= 0.6 is 0 Å². The Kier molecular flexibility index (Phi) is 4.94. The van der Waals surface area contributed by atoms with Gasteiger partial charge >= 0.3 is 0 Å². The Balaban J connectivity index is 1.28. The van der Waals surface area contributed by atoms with E-state index in [1.807, 2.05) is 41.4 Å². The van der Waals surface area contributed by atoms with Gasteiger partial charge in [-0.15, -0.1) is 0 Å². The van der Waals surface area contributed by atoms with Crippen molar-refractivity contribution in [3.63, 3.8) is 0 Å². The Bertz CT molecular complexity index is 1520. The van der Waals surface area contributed by atoms with Crippen LogP contribution in [0.4, 0.5) is 11.4 Å². The van der Waals surface area contributed by atoms with Crippen LogP contribution in [0.25, 0.3) is 6.08 Å². The number of hydrogen-bond acceptors (Lipinski definition) is 7.